The Morgan fingerprint density at radius 1 is 1.25 bits per heavy atom. The van der Waals surface area contributed by atoms with Crippen molar-refractivity contribution in [3.8, 4) is 0 Å². The minimum Gasteiger partial charge on any atom is -0.452 e. The number of benzene rings is 1. The van der Waals surface area contributed by atoms with Crippen molar-refractivity contribution in [1.29, 1.82) is 0 Å². The van der Waals surface area contributed by atoms with Crippen molar-refractivity contribution < 1.29 is 19.1 Å². The maximum Gasteiger partial charge on any atom is 0.338 e. The number of ether oxygens (including phenoxy) is 1. The third kappa shape index (κ3) is 5.63. The fourth-order valence-corrected chi connectivity index (χ4v) is 3.13. The Morgan fingerprint density at radius 2 is 2.00 bits per heavy atom. The molecule has 1 fully saturated rings. The zero-order valence-electron chi connectivity index (χ0n) is 13.5. The number of hydrogen-bond donors (Lipinski definition) is 2. The molecule has 2 atom stereocenters. The summed E-state index contributed by atoms with van der Waals surface area (Å²) in [5.74, 6) is -0.874. The zero-order chi connectivity index (χ0) is 17.5. The van der Waals surface area contributed by atoms with Crippen LogP contribution in [0.1, 0.15) is 43.0 Å². The van der Waals surface area contributed by atoms with Crippen LogP contribution in [-0.4, -0.2) is 30.6 Å². The number of esters is 1. The molecule has 1 aromatic rings. The van der Waals surface area contributed by atoms with E-state index in [0.717, 1.165) is 23.7 Å². The molecule has 3 amide bonds. The highest BCUT2D eigenvalue weighted by molar-refractivity contribution is 9.10. The lowest BCUT2D eigenvalue weighted by atomic mass is 9.86. The lowest BCUT2D eigenvalue weighted by Crippen LogP contribution is -2.48. The van der Waals surface area contributed by atoms with Crippen LogP contribution in [0, 0.1) is 5.92 Å². The molecule has 130 valence electrons. The van der Waals surface area contributed by atoms with Crippen LogP contribution in [0.3, 0.4) is 0 Å². The number of hydrogen-bond acceptors (Lipinski definition) is 4. The summed E-state index contributed by atoms with van der Waals surface area (Å²) in [6.45, 7) is 1.59. The number of amides is 3. The van der Waals surface area contributed by atoms with Crippen LogP contribution in [0.25, 0.3) is 0 Å². The Bertz CT molecular complexity index is 620. The van der Waals surface area contributed by atoms with Gasteiger partial charge in [-0.15, -0.1) is 0 Å². The van der Waals surface area contributed by atoms with E-state index in [2.05, 4.69) is 33.5 Å². The first-order chi connectivity index (χ1) is 11.5. The predicted octanol–water partition coefficient (Wildman–Crippen LogP) is 3.01. The second-order valence-corrected chi connectivity index (χ2v) is 6.89. The first-order valence-electron chi connectivity index (χ1n) is 7.98. The summed E-state index contributed by atoms with van der Waals surface area (Å²) in [6, 6.07) is 6.19. The number of urea groups is 1. The van der Waals surface area contributed by atoms with Crippen molar-refractivity contribution in [1.82, 2.24) is 10.6 Å². The summed E-state index contributed by atoms with van der Waals surface area (Å²) in [7, 11) is 0. The van der Waals surface area contributed by atoms with Crippen molar-refractivity contribution in [3.05, 3.63) is 34.3 Å². The SMILES string of the molecule is C[C@H]1CCCC[C@@H]1NC(=O)NC(=O)COC(=O)c1cccc(Br)c1. The molecule has 24 heavy (non-hydrogen) atoms. The second-order valence-electron chi connectivity index (χ2n) is 5.98. The summed E-state index contributed by atoms with van der Waals surface area (Å²) in [5.41, 5.74) is 0.331. The number of carbonyl (C=O) groups is 3. The fourth-order valence-electron chi connectivity index (χ4n) is 2.73. The molecule has 0 spiro atoms. The summed E-state index contributed by atoms with van der Waals surface area (Å²) in [4.78, 5) is 35.4. The van der Waals surface area contributed by atoms with Gasteiger partial charge in [0.2, 0.25) is 0 Å². The summed E-state index contributed by atoms with van der Waals surface area (Å²) < 4.78 is 5.64. The average Bonchev–Trinajstić information content (AvgIpc) is 2.54. The highest BCUT2D eigenvalue weighted by atomic mass is 79.9. The van der Waals surface area contributed by atoms with Crippen LogP contribution < -0.4 is 10.6 Å². The molecule has 7 heteroatoms. The molecular weight excluding hydrogens is 376 g/mol. The molecule has 0 heterocycles. The Balaban J connectivity index is 1.74. The van der Waals surface area contributed by atoms with Crippen molar-refractivity contribution >= 4 is 33.8 Å². The van der Waals surface area contributed by atoms with Crippen LogP contribution in [0.4, 0.5) is 4.79 Å². The van der Waals surface area contributed by atoms with Crippen LogP contribution in [0.5, 0.6) is 0 Å². The second kappa shape index (κ2) is 8.82. The molecule has 2 rings (SSSR count). The van der Waals surface area contributed by atoms with Gasteiger partial charge in [-0.05, 0) is 37.0 Å². The van der Waals surface area contributed by atoms with Gasteiger partial charge in [-0.3, -0.25) is 10.1 Å². The van der Waals surface area contributed by atoms with Crippen LogP contribution >= 0.6 is 15.9 Å². The number of carbonyl (C=O) groups excluding carboxylic acids is 3. The Kier molecular flexibility index (Phi) is 6.78. The highest BCUT2D eigenvalue weighted by Crippen LogP contribution is 2.23. The van der Waals surface area contributed by atoms with Gasteiger partial charge >= 0.3 is 12.0 Å². The van der Waals surface area contributed by atoms with Gasteiger partial charge in [0.05, 0.1) is 5.56 Å². The van der Waals surface area contributed by atoms with Crippen LogP contribution in [-0.2, 0) is 9.53 Å². The quantitative estimate of drug-likeness (QED) is 0.765. The van der Waals surface area contributed by atoms with Crippen molar-refractivity contribution in [2.45, 2.75) is 38.6 Å². The number of halogens is 1. The number of imide groups is 1. The predicted molar refractivity (Wildman–Crippen MR) is 92.5 cm³/mol. The van der Waals surface area contributed by atoms with E-state index in [1.165, 1.54) is 6.42 Å². The van der Waals surface area contributed by atoms with E-state index in [9.17, 15) is 14.4 Å². The van der Waals surface area contributed by atoms with Gasteiger partial charge in [0.1, 0.15) is 0 Å². The van der Waals surface area contributed by atoms with E-state index in [-0.39, 0.29) is 6.04 Å². The summed E-state index contributed by atoms with van der Waals surface area (Å²) >= 11 is 3.26. The number of rotatable bonds is 4. The first-order valence-corrected chi connectivity index (χ1v) is 8.78. The third-order valence-corrected chi connectivity index (χ3v) is 4.57. The van der Waals surface area contributed by atoms with Gasteiger partial charge in [-0.25, -0.2) is 9.59 Å². The fraction of sp³-hybridized carbons (Fsp3) is 0.471. The molecule has 1 aromatic carbocycles. The maximum absolute atomic E-state index is 11.8. The topological polar surface area (TPSA) is 84.5 Å². The Labute approximate surface area is 149 Å². The van der Waals surface area contributed by atoms with Gasteiger partial charge < -0.3 is 10.1 Å². The van der Waals surface area contributed by atoms with Crippen LogP contribution in [0.2, 0.25) is 0 Å². The molecule has 2 N–H and O–H groups in total. The third-order valence-electron chi connectivity index (χ3n) is 4.08. The molecule has 0 bridgehead atoms. The first kappa shape index (κ1) is 18.4. The van der Waals surface area contributed by atoms with Gasteiger partial charge in [-0.2, -0.15) is 0 Å². The van der Waals surface area contributed by atoms with E-state index >= 15 is 0 Å². The van der Waals surface area contributed by atoms with Gasteiger partial charge in [0, 0.05) is 10.5 Å². The normalized spacial score (nSPS) is 20.1. The molecule has 0 aliphatic heterocycles. The van der Waals surface area contributed by atoms with E-state index in [1.54, 1.807) is 24.3 Å². The molecule has 1 aliphatic carbocycles. The smallest absolute Gasteiger partial charge is 0.338 e. The van der Waals surface area contributed by atoms with Crippen molar-refractivity contribution in [3.63, 3.8) is 0 Å². The van der Waals surface area contributed by atoms with E-state index in [0.29, 0.717) is 11.5 Å². The lowest BCUT2D eigenvalue weighted by Gasteiger charge is -2.29. The molecule has 6 nitrogen and oxygen atoms in total. The van der Waals surface area contributed by atoms with E-state index in [4.69, 9.17) is 4.74 Å². The monoisotopic (exact) mass is 396 g/mol. The van der Waals surface area contributed by atoms with Gasteiger partial charge in [0.25, 0.3) is 5.91 Å². The molecule has 0 unspecified atom stereocenters. The van der Waals surface area contributed by atoms with E-state index < -0.39 is 24.5 Å². The van der Waals surface area contributed by atoms with Crippen molar-refractivity contribution in [2.75, 3.05) is 6.61 Å². The number of nitrogens with one attached hydrogen (secondary N) is 2. The molecule has 1 saturated carbocycles. The zero-order valence-corrected chi connectivity index (χ0v) is 15.1. The minimum atomic E-state index is -0.653. The Morgan fingerprint density at radius 3 is 2.71 bits per heavy atom. The molecule has 1 aliphatic rings. The average molecular weight is 397 g/mol. The van der Waals surface area contributed by atoms with Crippen LogP contribution in [0.15, 0.2) is 28.7 Å². The molecule has 0 saturated heterocycles. The van der Waals surface area contributed by atoms with Gasteiger partial charge in [-0.1, -0.05) is 41.8 Å². The largest absolute Gasteiger partial charge is 0.452 e. The van der Waals surface area contributed by atoms with Crippen molar-refractivity contribution in [2.24, 2.45) is 5.92 Å². The standard InChI is InChI=1S/C17H21BrN2O4/c1-11-5-2-3-8-14(11)19-17(23)20-15(21)10-24-16(22)12-6-4-7-13(18)9-12/h4,6-7,9,11,14H,2-3,5,8,10H2,1H3,(H2,19,20,21,23)/t11-,14-/m0/s1. The maximum atomic E-state index is 11.8. The molecule has 0 radical (unpaired) electrons. The lowest BCUT2D eigenvalue weighted by molar-refractivity contribution is -0.123. The molecular formula is C17H21BrN2O4. The summed E-state index contributed by atoms with van der Waals surface area (Å²) in [6.07, 6.45) is 4.24. The van der Waals surface area contributed by atoms with E-state index in [1.807, 2.05) is 0 Å². The summed E-state index contributed by atoms with van der Waals surface area (Å²) in [5, 5.41) is 5.00. The Hall–Kier alpha value is -1.89. The van der Waals surface area contributed by atoms with Gasteiger partial charge in [0.15, 0.2) is 6.61 Å². The molecule has 0 aromatic heterocycles. The minimum absolute atomic E-state index is 0.0794. The highest BCUT2D eigenvalue weighted by Gasteiger charge is 2.23.